The molecule has 0 radical (unpaired) electrons. The molecule has 0 aromatic heterocycles. The van der Waals surface area contributed by atoms with Gasteiger partial charge in [0, 0.05) is 14.5 Å². The molecule has 1 aromatic carbocycles. The normalized spacial score (nSPS) is 11.5. The second-order valence-corrected chi connectivity index (χ2v) is 4.16. The van der Waals surface area contributed by atoms with Gasteiger partial charge in [0.05, 0.1) is 0 Å². The van der Waals surface area contributed by atoms with Crippen LogP contribution in [-0.2, 0) is 0 Å². The van der Waals surface area contributed by atoms with Gasteiger partial charge in [0.1, 0.15) is 0 Å². The van der Waals surface area contributed by atoms with Crippen molar-refractivity contribution >= 4 is 37.6 Å². The Kier molecular flexibility index (Phi) is 3.36. The fraction of sp³-hybridized carbons (Fsp3) is 0.125. The van der Waals surface area contributed by atoms with Crippen molar-refractivity contribution in [3.8, 4) is 0 Å². The highest BCUT2D eigenvalue weighted by molar-refractivity contribution is 9.13. The number of benzene rings is 1. The zero-order valence-corrected chi connectivity index (χ0v) is 9.70. The van der Waals surface area contributed by atoms with Crippen molar-refractivity contribution in [3.05, 3.63) is 32.7 Å². The van der Waals surface area contributed by atoms with Crippen molar-refractivity contribution in [1.29, 1.82) is 0 Å². The summed E-state index contributed by atoms with van der Waals surface area (Å²) in [4.78, 5) is 10.8. The second kappa shape index (κ2) is 4.02. The standard InChI is InChI=1S/C8H3Br2F3O/c9-5-2-1-4(3-6(5)10)7(14)8(11,12)13/h1-3H. The molecule has 0 N–H and O–H groups in total. The van der Waals surface area contributed by atoms with Crippen LogP contribution in [0.15, 0.2) is 27.1 Å². The first-order valence-electron chi connectivity index (χ1n) is 3.39. The maximum Gasteiger partial charge on any atom is 0.454 e. The second-order valence-electron chi connectivity index (χ2n) is 2.46. The molecule has 0 heterocycles. The van der Waals surface area contributed by atoms with Crippen LogP contribution in [0.2, 0.25) is 0 Å². The van der Waals surface area contributed by atoms with Crippen LogP contribution in [0, 0.1) is 0 Å². The lowest BCUT2D eigenvalue weighted by molar-refractivity contribution is -0.0885. The van der Waals surface area contributed by atoms with Gasteiger partial charge in [-0.05, 0) is 50.1 Å². The summed E-state index contributed by atoms with van der Waals surface area (Å²) in [6, 6.07) is 3.62. The SMILES string of the molecule is O=C(c1ccc(Br)c(Br)c1)C(F)(F)F. The number of hydrogen-bond donors (Lipinski definition) is 0. The summed E-state index contributed by atoms with van der Waals surface area (Å²) in [5, 5.41) is 0. The molecule has 6 heteroatoms. The third-order valence-electron chi connectivity index (χ3n) is 1.44. The van der Waals surface area contributed by atoms with Gasteiger partial charge < -0.3 is 0 Å². The van der Waals surface area contributed by atoms with Gasteiger partial charge in [0.15, 0.2) is 0 Å². The van der Waals surface area contributed by atoms with Crippen LogP contribution in [0.5, 0.6) is 0 Å². The first-order valence-corrected chi connectivity index (χ1v) is 4.97. The Labute approximate surface area is 94.6 Å². The highest BCUT2D eigenvalue weighted by Gasteiger charge is 2.39. The Morgan fingerprint density at radius 3 is 2.14 bits per heavy atom. The zero-order chi connectivity index (χ0) is 10.9. The minimum Gasteiger partial charge on any atom is -0.284 e. The smallest absolute Gasteiger partial charge is 0.284 e. The Morgan fingerprint density at radius 1 is 1.14 bits per heavy atom. The molecule has 0 atom stereocenters. The lowest BCUT2D eigenvalue weighted by Gasteiger charge is -2.05. The number of Topliss-reactive ketones (excluding diaryl/α,β-unsaturated/α-hetero) is 1. The summed E-state index contributed by atoms with van der Waals surface area (Å²) >= 11 is 6.10. The number of rotatable bonds is 1. The third-order valence-corrected chi connectivity index (χ3v) is 3.32. The van der Waals surface area contributed by atoms with Crippen molar-refractivity contribution in [1.82, 2.24) is 0 Å². The van der Waals surface area contributed by atoms with Gasteiger partial charge in [0.25, 0.3) is 5.78 Å². The highest BCUT2D eigenvalue weighted by atomic mass is 79.9. The molecule has 0 aliphatic carbocycles. The van der Waals surface area contributed by atoms with Crippen LogP contribution >= 0.6 is 31.9 Å². The van der Waals surface area contributed by atoms with Gasteiger partial charge in [-0.3, -0.25) is 4.79 Å². The van der Waals surface area contributed by atoms with E-state index in [0.29, 0.717) is 8.95 Å². The summed E-state index contributed by atoms with van der Waals surface area (Å²) < 4.78 is 37.0. The number of halogens is 5. The third kappa shape index (κ3) is 2.57. The molecule has 0 fully saturated rings. The first kappa shape index (κ1) is 11.7. The molecule has 0 saturated heterocycles. The monoisotopic (exact) mass is 330 g/mol. The molecule has 0 amide bonds. The molecule has 0 aliphatic heterocycles. The predicted molar refractivity (Wildman–Crippen MR) is 52.2 cm³/mol. The fourth-order valence-electron chi connectivity index (χ4n) is 0.801. The Balaban J connectivity index is 3.10. The maximum absolute atomic E-state index is 12.0. The van der Waals surface area contributed by atoms with E-state index in [1.54, 1.807) is 0 Å². The van der Waals surface area contributed by atoms with Gasteiger partial charge in [0.2, 0.25) is 0 Å². The van der Waals surface area contributed by atoms with Gasteiger partial charge >= 0.3 is 6.18 Å². The molecule has 0 bridgehead atoms. The lowest BCUT2D eigenvalue weighted by Crippen LogP contribution is -2.22. The number of carbonyl (C=O) groups is 1. The molecule has 14 heavy (non-hydrogen) atoms. The average molecular weight is 332 g/mol. The van der Waals surface area contributed by atoms with Gasteiger partial charge in [-0.15, -0.1) is 0 Å². The fourth-order valence-corrected chi connectivity index (χ4v) is 1.43. The van der Waals surface area contributed by atoms with Gasteiger partial charge in [-0.1, -0.05) is 0 Å². The highest BCUT2D eigenvalue weighted by Crippen LogP contribution is 2.27. The largest absolute Gasteiger partial charge is 0.454 e. The summed E-state index contributed by atoms with van der Waals surface area (Å²) in [5.74, 6) is -1.84. The van der Waals surface area contributed by atoms with Crippen molar-refractivity contribution in [2.75, 3.05) is 0 Å². The zero-order valence-electron chi connectivity index (χ0n) is 6.53. The Bertz CT molecular complexity index is 373. The summed E-state index contributed by atoms with van der Waals surface area (Å²) in [5.41, 5.74) is -0.382. The van der Waals surface area contributed by atoms with Gasteiger partial charge in [-0.2, -0.15) is 13.2 Å². The lowest BCUT2D eigenvalue weighted by atomic mass is 10.1. The van der Waals surface area contributed by atoms with E-state index in [1.807, 2.05) is 0 Å². The van der Waals surface area contributed by atoms with Crippen LogP contribution < -0.4 is 0 Å². The molecular formula is C8H3Br2F3O. The first-order chi connectivity index (χ1) is 6.32. The van der Waals surface area contributed by atoms with E-state index in [1.165, 1.54) is 6.07 Å². The molecule has 0 aliphatic rings. The summed E-state index contributed by atoms with van der Waals surface area (Å²) in [6.07, 6.45) is -4.83. The molecule has 1 aromatic rings. The Hall–Kier alpha value is -0.360. The van der Waals surface area contributed by atoms with Crippen LogP contribution in [0.3, 0.4) is 0 Å². The van der Waals surface area contributed by atoms with Crippen LogP contribution in [0.4, 0.5) is 13.2 Å². The quantitative estimate of drug-likeness (QED) is 0.712. The van der Waals surface area contributed by atoms with E-state index in [-0.39, 0.29) is 5.56 Å². The van der Waals surface area contributed by atoms with Crippen LogP contribution in [0.1, 0.15) is 10.4 Å². The van der Waals surface area contributed by atoms with Crippen molar-refractivity contribution in [3.63, 3.8) is 0 Å². The van der Waals surface area contributed by atoms with E-state index in [4.69, 9.17) is 0 Å². The molecule has 76 valence electrons. The molecule has 1 rings (SSSR count). The van der Waals surface area contributed by atoms with E-state index in [2.05, 4.69) is 31.9 Å². The summed E-state index contributed by atoms with van der Waals surface area (Å²) in [7, 11) is 0. The van der Waals surface area contributed by atoms with Crippen LogP contribution in [-0.4, -0.2) is 12.0 Å². The molecule has 1 nitrogen and oxygen atoms in total. The van der Waals surface area contributed by atoms with E-state index < -0.39 is 12.0 Å². The van der Waals surface area contributed by atoms with Crippen LogP contribution in [0.25, 0.3) is 0 Å². The topological polar surface area (TPSA) is 17.1 Å². The van der Waals surface area contributed by atoms with E-state index in [9.17, 15) is 18.0 Å². The molecular weight excluding hydrogens is 329 g/mol. The van der Waals surface area contributed by atoms with E-state index >= 15 is 0 Å². The maximum atomic E-state index is 12.0. The minimum absolute atomic E-state index is 0.382. The molecule has 0 spiro atoms. The van der Waals surface area contributed by atoms with Gasteiger partial charge in [-0.25, -0.2) is 0 Å². The van der Waals surface area contributed by atoms with Crippen molar-refractivity contribution < 1.29 is 18.0 Å². The van der Waals surface area contributed by atoms with Crippen molar-refractivity contribution in [2.45, 2.75) is 6.18 Å². The number of carbonyl (C=O) groups excluding carboxylic acids is 1. The van der Waals surface area contributed by atoms with Crippen molar-refractivity contribution in [2.24, 2.45) is 0 Å². The predicted octanol–water partition coefficient (Wildman–Crippen LogP) is 3.96. The Morgan fingerprint density at radius 2 is 1.71 bits per heavy atom. The van der Waals surface area contributed by atoms with E-state index in [0.717, 1.165) is 12.1 Å². The number of ketones is 1. The summed E-state index contributed by atoms with van der Waals surface area (Å²) in [6.45, 7) is 0. The average Bonchev–Trinajstić information content (AvgIpc) is 2.07. The minimum atomic E-state index is -4.83. The number of alkyl halides is 3. The number of hydrogen-bond acceptors (Lipinski definition) is 1. The molecule has 0 saturated carbocycles. The molecule has 0 unspecified atom stereocenters.